The molecule has 1 aromatic heterocycles. The Balaban J connectivity index is 1.81. The minimum absolute atomic E-state index is 0.327. The number of halogens is 1. The molecule has 0 saturated carbocycles. The molecule has 0 aliphatic heterocycles. The van der Waals surface area contributed by atoms with Crippen LogP contribution in [-0.4, -0.2) is 23.3 Å². The number of H-pyrrole nitrogens is 1. The number of aromatic nitrogens is 1. The van der Waals surface area contributed by atoms with Gasteiger partial charge in [-0.15, -0.1) is 0 Å². The molecule has 5 nitrogen and oxygen atoms in total. The smallest absolute Gasteiger partial charge is 0.354 e. The summed E-state index contributed by atoms with van der Waals surface area (Å²) in [5, 5.41) is 5.17. The number of nitrogens with one attached hydrogen (secondary N) is 2. The molecule has 0 fully saturated rings. The first-order valence-electron chi connectivity index (χ1n) is 7.65. The van der Waals surface area contributed by atoms with Gasteiger partial charge in [0.2, 0.25) is 0 Å². The highest BCUT2D eigenvalue weighted by Gasteiger charge is 2.21. The Morgan fingerprint density at radius 1 is 1.35 bits per heavy atom. The first-order chi connectivity index (χ1) is 11.2. The molecule has 1 heterocycles. The number of carbonyl (C=O) groups excluding carboxylic acids is 1. The largest absolute Gasteiger partial charge is 0.461 e. The highest BCUT2D eigenvalue weighted by Crippen LogP contribution is 2.23. The van der Waals surface area contributed by atoms with Crippen LogP contribution >= 0.6 is 11.6 Å². The topological polar surface area (TPSA) is 66.5 Å². The van der Waals surface area contributed by atoms with Crippen molar-refractivity contribution in [1.29, 1.82) is 0 Å². The number of ether oxygens (including phenoxy) is 1. The van der Waals surface area contributed by atoms with Gasteiger partial charge in [0.05, 0.1) is 23.7 Å². The third-order valence-corrected chi connectivity index (χ3v) is 3.96. The van der Waals surface area contributed by atoms with Gasteiger partial charge in [-0.05, 0) is 62.1 Å². The number of hydrogen-bond acceptors (Lipinski definition) is 4. The Kier molecular flexibility index (Phi) is 4.67. The molecule has 0 saturated heterocycles. The molecular formula is C17H18ClN3O2. The summed E-state index contributed by atoms with van der Waals surface area (Å²) in [6.45, 7) is 2.16. The molecule has 3 rings (SSSR count). The van der Waals surface area contributed by atoms with Crippen molar-refractivity contribution in [3.8, 4) is 0 Å². The van der Waals surface area contributed by atoms with Crippen LogP contribution in [0.2, 0.25) is 5.02 Å². The molecule has 0 amide bonds. The van der Waals surface area contributed by atoms with Crippen molar-refractivity contribution in [2.24, 2.45) is 5.10 Å². The maximum absolute atomic E-state index is 11.9. The number of hydrazone groups is 1. The van der Waals surface area contributed by atoms with Gasteiger partial charge in [0.25, 0.3) is 0 Å². The molecule has 1 aliphatic carbocycles. The standard InChI is InChI=1S/C17H18ClN3O2/c1-2-23-17(22)15-10-11-4-3-5-14(16(11)19-15)21-20-13-8-6-12(18)7-9-13/h6-10,19-20H,2-5H2,1H3/b21-14+. The second kappa shape index (κ2) is 6.87. The lowest BCUT2D eigenvalue weighted by atomic mass is 9.96. The van der Waals surface area contributed by atoms with Crippen molar-refractivity contribution in [1.82, 2.24) is 4.98 Å². The molecule has 0 unspecified atom stereocenters. The van der Waals surface area contributed by atoms with Gasteiger partial charge in [-0.3, -0.25) is 5.43 Å². The first kappa shape index (κ1) is 15.6. The summed E-state index contributed by atoms with van der Waals surface area (Å²) in [7, 11) is 0. The van der Waals surface area contributed by atoms with E-state index in [1.165, 1.54) is 0 Å². The average Bonchev–Trinajstić information content (AvgIpc) is 2.99. The summed E-state index contributed by atoms with van der Waals surface area (Å²) in [5.74, 6) is -0.327. The van der Waals surface area contributed by atoms with E-state index >= 15 is 0 Å². The average molecular weight is 332 g/mol. The molecule has 0 radical (unpaired) electrons. The zero-order valence-electron chi connectivity index (χ0n) is 12.9. The SMILES string of the molecule is CCOC(=O)c1cc2c([nH]1)/C(=N/Nc1ccc(Cl)cc1)CCC2. The summed E-state index contributed by atoms with van der Waals surface area (Å²) in [4.78, 5) is 15.0. The van der Waals surface area contributed by atoms with E-state index in [0.29, 0.717) is 17.3 Å². The molecule has 0 atom stereocenters. The molecular weight excluding hydrogens is 314 g/mol. The van der Waals surface area contributed by atoms with Crippen LogP contribution in [0.25, 0.3) is 0 Å². The summed E-state index contributed by atoms with van der Waals surface area (Å²) >= 11 is 5.87. The molecule has 2 aromatic rings. The molecule has 1 aromatic carbocycles. The lowest BCUT2D eigenvalue weighted by Gasteiger charge is -2.13. The Bertz CT molecular complexity index is 735. The van der Waals surface area contributed by atoms with Gasteiger partial charge in [0, 0.05) is 5.02 Å². The van der Waals surface area contributed by atoms with E-state index < -0.39 is 0 Å². The van der Waals surface area contributed by atoms with Crippen LogP contribution in [0.5, 0.6) is 0 Å². The number of carbonyl (C=O) groups is 1. The number of aryl methyl sites for hydroxylation is 1. The molecule has 2 N–H and O–H groups in total. The van der Waals surface area contributed by atoms with Crippen molar-refractivity contribution in [3.63, 3.8) is 0 Å². The summed E-state index contributed by atoms with van der Waals surface area (Å²) in [6.07, 6.45) is 2.80. The van der Waals surface area contributed by atoms with Gasteiger partial charge in [-0.1, -0.05) is 11.6 Å². The fourth-order valence-electron chi connectivity index (χ4n) is 2.61. The minimum Gasteiger partial charge on any atom is -0.461 e. The molecule has 120 valence electrons. The van der Waals surface area contributed by atoms with Crippen molar-refractivity contribution >= 4 is 29.0 Å². The van der Waals surface area contributed by atoms with E-state index in [1.807, 2.05) is 30.3 Å². The van der Waals surface area contributed by atoms with Crippen LogP contribution in [0.1, 0.15) is 41.5 Å². The summed E-state index contributed by atoms with van der Waals surface area (Å²) < 4.78 is 5.04. The normalized spacial score (nSPS) is 15.3. The number of hydrogen-bond donors (Lipinski definition) is 2. The molecule has 6 heteroatoms. The number of aromatic amines is 1. The van der Waals surface area contributed by atoms with Gasteiger partial charge in [-0.25, -0.2) is 4.79 Å². The van der Waals surface area contributed by atoms with Crippen molar-refractivity contribution in [2.45, 2.75) is 26.2 Å². The second-order valence-electron chi connectivity index (χ2n) is 5.33. The highest BCUT2D eigenvalue weighted by molar-refractivity contribution is 6.30. The molecule has 0 bridgehead atoms. The van der Waals surface area contributed by atoms with Crippen LogP contribution in [0.15, 0.2) is 35.4 Å². The van der Waals surface area contributed by atoms with Gasteiger partial charge < -0.3 is 9.72 Å². The van der Waals surface area contributed by atoms with E-state index in [1.54, 1.807) is 6.92 Å². The van der Waals surface area contributed by atoms with E-state index in [9.17, 15) is 4.79 Å². The molecule has 23 heavy (non-hydrogen) atoms. The van der Waals surface area contributed by atoms with Crippen LogP contribution in [0.4, 0.5) is 5.69 Å². The number of nitrogens with zero attached hydrogens (tertiary/aromatic N) is 1. The van der Waals surface area contributed by atoms with E-state index in [2.05, 4.69) is 15.5 Å². The Morgan fingerprint density at radius 2 is 2.13 bits per heavy atom. The van der Waals surface area contributed by atoms with Gasteiger partial charge in [0.15, 0.2) is 0 Å². The first-order valence-corrected chi connectivity index (χ1v) is 8.02. The number of esters is 1. The zero-order valence-corrected chi connectivity index (χ0v) is 13.6. The third kappa shape index (κ3) is 3.56. The predicted octanol–water partition coefficient (Wildman–Crippen LogP) is 4.00. The Hall–Kier alpha value is -2.27. The van der Waals surface area contributed by atoms with Gasteiger partial charge >= 0.3 is 5.97 Å². The van der Waals surface area contributed by atoms with Crippen molar-refractivity contribution in [2.75, 3.05) is 12.0 Å². The maximum Gasteiger partial charge on any atom is 0.354 e. The predicted molar refractivity (Wildman–Crippen MR) is 91.3 cm³/mol. The van der Waals surface area contributed by atoms with Crippen molar-refractivity contribution < 1.29 is 9.53 Å². The monoisotopic (exact) mass is 331 g/mol. The molecule has 1 aliphatic rings. The maximum atomic E-state index is 11.9. The Labute approximate surface area is 139 Å². The number of anilines is 1. The fourth-order valence-corrected chi connectivity index (χ4v) is 2.74. The van der Waals surface area contributed by atoms with Crippen LogP contribution in [-0.2, 0) is 11.2 Å². The quantitative estimate of drug-likeness (QED) is 0.657. The highest BCUT2D eigenvalue weighted by atomic mass is 35.5. The van der Waals surface area contributed by atoms with Crippen LogP contribution in [0, 0.1) is 0 Å². The zero-order chi connectivity index (χ0) is 16.2. The number of fused-ring (bicyclic) bond motifs is 1. The van der Waals surface area contributed by atoms with Crippen molar-refractivity contribution in [3.05, 3.63) is 52.3 Å². The summed E-state index contributed by atoms with van der Waals surface area (Å²) in [6, 6.07) is 9.22. The van der Waals surface area contributed by atoms with Gasteiger partial charge in [-0.2, -0.15) is 5.10 Å². The minimum atomic E-state index is -0.327. The number of benzene rings is 1. The second-order valence-corrected chi connectivity index (χ2v) is 5.77. The number of rotatable bonds is 4. The van der Waals surface area contributed by atoms with E-state index in [-0.39, 0.29) is 5.97 Å². The summed E-state index contributed by atoms with van der Waals surface area (Å²) in [5.41, 5.74) is 7.33. The lowest BCUT2D eigenvalue weighted by Crippen LogP contribution is -2.13. The Morgan fingerprint density at radius 3 is 2.87 bits per heavy atom. The van der Waals surface area contributed by atoms with E-state index in [0.717, 1.165) is 41.9 Å². The van der Waals surface area contributed by atoms with Gasteiger partial charge in [0.1, 0.15) is 5.69 Å². The van der Waals surface area contributed by atoms with Crippen LogP contribution < -0.4 is 5.43 Å². The van der Waals surface area contributed by atoms with Crippen LogP contribution in [0.3, 0.4) is 0 Å². The third-order valence-electron chi connectivity index (χ3n) is 3.71. The van der Waals surface area contributed by atoms with E-state index in [4.69, 9.17) is 16.3 Å². The lowest BCUT2D eigenvalue weighted by molar-refractivity contribution is 0.0520. The fraction of sp³-hybridized carbons (Fsp3) is 0.294. The molecule has 0 spiro atoms.